The second kappa shape index (κ2) is 11.7. The van der Waals surface area contributed by atoms with Gasteiger partial charge in [-0.15, -0.1) is 0 Å². The summed E-state index contributed by atoms with van der Waals surface area (Å²) in [4.78, 5) is 27.0. The van der Waals surface area contributed by atoms with Crippen molar-refractivity contribution in [2.45, 2.75) is 39.3 Å². The molecule has 0 aliphatic carbocycles. The standard InChI is InChI=1S/C22H27IN2O3/c1-3-4-14-24-22(27)17(2)25(15-18-8-6-5-7-9-18)21(26)16-28-20-12-10-19(23)11-13-20/h5-13,17H,3-4,14-16H2,1-2H3,(H,24,27)/t17-/m1/s1. The fraction of sp³-hybridized carbons (Fsp3) is 0.364. The van der Waals surface area contributed by atoms with Crippen molar-refractivity contribution in [1.29, 1.82) is 0 Å². The van der Waals surface area contributed by atoms with Crippen molar-refractivity contribution in [3.8, 4) is 5.75 Å². The van der Waals surface area contributed by atoms with E-state index in [4.69, 9.17) is 4.74 Å². The third-order valence-corrected chi connectivity index (χ3v) is 5.09. The molecule has 28 heavy (non-hydrogen) atoms. The Kier molecular flexibility index (Phi) is 9.27. The number of hydrogen-bond acceptors (Lipinski definition) is 3. The third kappa shape index (κ3) is 7.14. The number of benzene rings is 2. The number of hydrogen-bond donors (Lipinski definition) is 1. The molecule has 2 amide bonds. The molecule has 1 atom stereocenters. The van der Waals surface area contributed by atoms with Crippen molar-refractivity contribution in [3.05, 3.63) is 63.7 Å². The van der Waals surface area contributed by atoms with Crippen LogP contribution in [0.5, 0.6) is 5.75 Å². The lowest BCUT2D eigenvalue weighted by Gasteiger charge is -2.28. The highest BCUT2D eigenvalue weighted by molar-refractivity contribution is 14.1. The zero-order chi connectivity index (χ0) is 20.4. The van der Waals surface area contributed by atoms with E-state index in [-0.39, 0.29) is 18.4 Å². The summed E-state index contributed by atoms with van der Waals surface area (Å²) in [5, 5.41) is 2.91. The first-order chi connectivity index (χ1) is 13.5. The van der Waals surface area contributed by atoms with Gasteiger partial charge >= 0.3 is 0 Å². The van der Waals surface area contributed by atoms with Crippen molar-refractivity contribution < 1.29 is 14.3 Å². The highest BCUT2D eigenvalue weighted by atomic mass is 127. The maximum atomic E-state index is 12.9. The average molecular weight is 494 g/mol. The molecule has 0 bridgehead atoms. The molecule has 0 aliphatic rings. The number of amides is 2. The number of ether oxygens (including phenoxy) is 1. The van der Waals surface area contributed by atoms with Gasteiger partial charge in [-0.05, 0) is 65.8 Å². The molecule has 0 radical (unpaired) electrons. The van der Waals surface area contributed by atoms with Gasteiger partial charge in [0.1, 0.15) is 11.8 Å². The van der Waals surface area contributed by atoms with E-state index in [1.807, 2.05) is 54.6 Å². The first kappa shape index (κ1) is 22.2. The number of nitrogens with zero attached hydrogens (tertiary/aromatic N) is 1. The molecule has 0 saturated heterocycles. The van der Waals surface area contributed by atoms with E-state index >= 15 is 0 Å². The van der Waals surface area contributed by atoms with Crippen molar-refractivity contribution in [3.63, 3.8) is 0 Å². The molecule has 0 spiro atoms. The van der Waals surface area contributed by atoms with E-state index < -0.39 is 6.04 Å². The van der Waals surface area contributed by atoms with Crippen molar-refractivity contribution in [2.24, 2.45) is 0 Å². The monoisotopic (exact) mass is 494 g/mol. The number of halogens is 1. The molecule has 0 heterocycles. The average Bonchev–Trinajstić information content (AvgIpc) is 2.71. The molecule has 0 aromatic heterocycles. The van der Waals surface area contributed by atoms with E-state index in [0.29, 0.717) is 18.8 Å². The van der Waals surface area contributed by atoms with Crippen LogP contribution in [0.3, 0.4) is 0 Å². The third-order valence-electron chi connectivity index (χ3n) is 4.37. The van der Waals surface area contributed by atoms with Crippen LogP contribution in [0.25, 0.3) is 0 Å². The summed E-state index contributed by atoms with van der Waals surface area (Å²) in [6, 6.07) is 16.6. The Morgan fingerprint density at radius 2 is 1.79 bits per heavy atom. The Morgan fingerprint density at radius 3 is 2.43 bits per heavy atom. The lowest BCUT2D eigenvalue weighted by atomic mass is 10.1. The van der Waals surface area contributed by atoms with E-state index in [9.17, 15) is 9.59 Å². The van der Waals surface area contributed by atoms with Gasteiger partial charge in [0, 0.05) is 16.7 Å². The van der Waals surface area contributed by atoms with Gasteiger partial charge in [-0.1, -0.05) is 43.7 Å². The Morgan fingerprint density at radius 1 is 1.11 bits per heavy atom. The van der Waals surface area contributed by atoms with Crippen LogP contribution in [0.1, 0.15) is 32.3 Å². The van der Waals surface area contributed by atoms with Gasteiger partial charge in [0.25, 0.3) is 5.91 Å². The quantitative estimate of drug-likeness (QED) is 0.401. The zero-order valence-corrected chi connectivity index (χ0v) is 18.5. The SMILES string of the molecule is CCCCNC(=O)[C@@H](C)N(Cc1ccccc1)C(=O)COc1ccc(I)cc1. The van der Waals surface area contributed by atoms with E-state index in [0.717, 1.165) is 22.0 Å². The van der Waals surface area contributed by atoms with Crippen LogP contribution in [0.2, 0.25) is 0 Å². The Bertz CT molecular complexity index is 750. The number of nitrogens with one attached hydrogen (secondary N) is 1. The van der Waals surface area contributed by atoms with Gasteiger partial charge in [-0.25, -0.2) is 0 Å². The van der Waals surface area contributed by atoms with Crippen molar-refractivity contribution in [1.82, 2.24) is 10.2 Å². The number of carbonyl (C=O) groups excluding carboxylic acids is 2. The molecule has 2 aromatic carbocycles. The predicted octanol–water partition coefficient (Wildman–Crippen LogP) is 4.00. The maximum absolute atomic E-state index is 12.9. The number of unbranched alkanes of at least 4 members (excludes halogenated alkanes) is 1. The summed E-state index contributed by atoms with van der Waals surface area (Å²) >= 11 is 2.22. The van der Waals surface area contributed by atoms with Crippen LogP contribution in [-0.2, 0) is 16.1 Å². The second-order valence-corrected chi connectivity index (χ2v) is 7.82. The molecule has 1 N–H and O–H groups in total. The maximum Gasteiger partial charge on any atom is 0.261 e. The van der Waals surface area contributed by atoms with Gasteiger partial charge in [-0.2, -0.15) is 0 Å². The molecule has 6 heteroatoms. The van der Waals surface area contributed by atoms with Crippen LogP contribution in [-0.4, -0.2) is 35.9 Å². The summed E-state index contributed by atoms with van der Waals surface area (Å²) in [5.41, 5.74) is 0.971. The highest BCUT2D eigenvalue weighted by Crippen LogP contribution is 2.15. The normalized spacial score (nSPS) is 11.5. The molecule has 2 aromatic rings. The van der Waals surface area contributed by atoms with Crippen LogP contribution >= 0.6 is 22.6 Å². The summed E-state index contributed by atoms with van der Waals surface area (Å²) in [6.07, 6.45) is 1.92. The first-order valence-electron chi connectivity index (χ1n) is 9.50. The zero-order valence-electron chi connectivity index (χ0n) is 16.4. The molecule has 0 saturated carbocycles. The Hall–Kier alpha value is -2.09. The first-order valence-corrected chi connectivity index (χ1v) is 10.6. The minimum Gasteiger partial charge on any atom is -0.484 e. The molecular weight excluding hydrogens is 467 g/mol. The minimum absolute atomic E-state index is 0.111. The molecule has 2 rings (SSSR count). The predicted molar refractivity (Wildman–Crippen MR) is 119 cm³/mol. The lowest BCUT2D eigenvalue weighted by Crippen LogP contribution is -2.49. The second-order valence-electron chi connectivity index (χ2n) is 6.57. The van der Waals surface area contributed by atoms with Crippen molar-refractivity contribution >= 4 is 34.4 Å². The summed E-state index contributed by atoms with van der Waals surface area (Å²) in [6.45, 7) is 4.69. The lowest BCUT2D eigenvalue weighted by molar-refractivity contribution is -0.142. The Labute approximate surface area is 180 Å². The van der Waals surface area contributed by atoms with Gasteiger partial charge < -0.3 is 15.0 Å². The van der Waals surface area contributed by atoms with Crippen LogP contribution in [0, 0.1) is 3.57 Å². The van der Waals surface area contributed by atoms with Crippen LogP contribution in [0.15, 0.2) is 54.6 Å². The molecule has 150 valence electrons. The summed E-state index contributed by atoms with van der Waals surface area (Å²) in [7, 11) is 0. The highest BCUT2D eigenvalue weighted by Gasteiger charge is 2.26. The van der Waals surface area contributed by atoms with Gasteiger partial charge in [0.05, 0.1) is 0 Å². The van der Waals surface area contributed by atoms with E-state index in [2.05, 4.69) is 34.8 Å². The molecular formula is C22H27IN2O3. The fourth-order valence-corrected chi connectivity index (χ4v) is 3.02. The number of rotatable bonds is 10. The molecule has 0 aliphatic heterocycles. The van der Waals surface area contributed by atoms with Crippen molar-refractivity contribution in [2.75, 3.05) is 13.2 Å². The van der Waals surface area contributed by atoms with Gasteiger partial charge in [0.2, 0.25) is 5.91 Å². The summed E-state index contributed by atoms with van der Waals surface area (Å²) in [5.74, 6) is 0.265. The number of carbonyl (C=O) groups is 2. The van der Waals surface area contributed by atoms with Gasteiger partial charge in [0.15, 0.2) is 6.61 Å². The largest absolute Gasteiger partial charge is 0.484 e. The van der Waals surface area contributed by atoms with E-state index in [1.165, 1.54) is 0 Å². The molecule has 0 fully saturated rings. The van der Waals surface area contributed by atoms with Gasteiger partial charge in [-0.3, -0.25) is 9.59 Å². The smallest absolute Gasteiger partial charge is 0.261 e. The Balaban J connectivity index is 2.06. The minimum atomic E-state index is -0.579. The summed E-state index contributed by atoms with van der Waals surface area (Å²) < 4.78 is 6.74. The van der Waals surface area contributed by atoms with E-state index in [1.54, 1.807) is 11.8 Å². The fourth-order valence-electron chi connectivity index (χ4n) is 2.66. The molecule has 0 unspecified atom stereocenters. The topological polar surface area (TPSA) is 58.6 Å². The van der Waals surface area contributed by atoms with Crippen LogP contribution in [0.4, 0.5) is 0 Å². The molecule has 5 nitrogen and oxygen atoms in total. The van der Waals surface area contributed by atoms with Crippen LogP contribution < -0.4 is 10.1 Å².